The number of carbonyl (C=O) groups is 4. The van der Waals surface area contributed by atoms with Crippen LogP contribution >= 0.6 is 11.8 Å². The molecule has 0 N–H and O–H groups in total. The summed E-state index contributed by atoms with van der Waals surface area (Å²) in [6, 6.07) is 33.0. The van der Waals surface area contributed by atoms with Crippen molar-refractivity contribution < 1.29 is 52.3 Å². The number of methoxy groups -OCH3 is 2. The van der Waals surface area contributed by atoms with E-state index in [0.717, 1.165) is 44.9 Å². The molecule has 5 rings (SSSR count). The lowest BCUT2D eigenvalue weighted by Gasteiger charge is -2.13. The second kappa shape index (κ2) is 25.3. The van der Waals surface area contributed by atoms with Crippen molar-refractivity contribution in [3.8, 4) is 40.9 Å². The van der Waals surface area contributed by atoms with Crippen LogP contribution in [-0.2, 0) is 41.8 Å². The van der Waals surface area contributed by atoms with E-state index < -0.39 is 23.9 Å². The zero-order valence-electron chi connectivity index (χ0n) is 35.5. The third-order valence-electron chi connectivity index (χ3n) is 8.98. The Morgan fingerprint density at radius 1 is 0.531 bits per heavy atom. The van der Waals surface area contributed by atoms with Gasteiger partial charge in [-0.25, -0.2) is 19.2 Å². The molecule has 0 saturated heterocycles. The molecule has 64 heavy (non-hydrogen) atoms. The average molecular weight is 879 g/mol. The van der Waals surface area contributed by atoms with E-state index in [1.807, 2.05) is 72.8 Å². The summed E-state index contributed by atoms with van der Waals surface area (Å²) in [6.45, 7) is 8.09. The van der Waals surface area contributed by atoms with E-state index in [0.29, 0.717) is 54.6 Å². The molecule has 0 fully saturated rings. The van der Waals surface area contributed by atoms with Crippen LogP contribution in [0.2, 0.25) is 0 Å². The van der Waals surface area contributed by atoms with Crippen LogP contribution in [0.15, 0.2) is 139 Å². The van der Waals surface area contributed by atoms with Gasteiger partial charge in [0.1, 0.15) is 48.2 Å². The lowest BCUT2D eigenvalue weighted by molar-refractivity contribution is -0.138. The first kappa shape index (κ1) is 47.4. The van der Waals surface area contributed by atoms with Gasteiger partial charge in [0.2, 0.25) is 0 Å². The van der Waals surface area contributed by atoms with Gasteiger partial charge in [-0.2, -0.15) is 0 Å². The molecule has 0 aromatic heterocycles. The minimum absolute atomic E-state index is 0.181. The Morgan fingerprint density at radius 3 is 1.52 bits per heavy atom. The van der Waals surface area contributed by atoms with E-state index in [2.05, 4.69) is 36.8 Å². The van der Waals surface area contributed by atoms with Gasteiger partial charge in [-0.05, 0) is 109 Å². The van der Waals surface area contributed by atoms with Gasteiger partial charge in [-0.15, -0.1) is 11.8 Å². The summed E-state index contributed by atoms with van der Waals surface area (Å²) in [4.78, 5) is 48.7. The van der Waals surface area contributed by atoms with Crippen LogP contribution in [0.25, 0.3) is 0 Å². The summed E-state index contributed by atoms with van der Waals surface area (Å²) in [5.74, 6) is 12.4. The normalized spacial score (nSPS) is 10.1. The maximum Gasteiger partial charge on any atom is 0.341 e. The van der Waals surface area contributed by atoms with Gasteiger partial charge in [0, 0.05) is 45.1 Å². The molecule has 0 heterocycles. The molecule has 0 radical (unpaired) electrons. The maximum atomic E-state index is 12.8. The number of unbranched alkanes of at least 4 members (excludes halogenated alkanes) is 1. The van der Waals surface area contributed by atoms with Gasteiger partial charge in [0.25, 0.3) is 0 Å². The summed E-state index contributed by atoms with van der Waals surface area (Å²) in [7, 11) is 2.61. The number of ether oxygens (including phenoxy) is 7. The van der Waals surface area contributed by atoms with Crippen LogP contribution in [0.1, 0.15) is 66.9 Å². The van der Waals surface area contributed by atoms with Crippen LogP contribution in [0.3, 0.4) is 0 Å². The Labute approximate surface area is 377 Å². The topological polar surface area (TPSA) is 133 Å². The Morgan fingerprint density at radius 2 is 0.984 bits per heavy atom. The minimum atomic E-state index is -0.565. The van der Waals surface area contributed by atoms with Crippen LogP contribution in [0.4, 0.5) is 0 Å². The molecule has 0 spiro atoms. The van der Waals surface area contributed by atoms with Gasteiger partial charge in [0.05, 0.1) is 27.4 Å². The van der Waals surface area contributed by atoms with Crippen LogP contribution in [-0.4, -0.2) is 63.7 Å². The average Bonchev–Trinajstić information content (AvgIpc) is 3.34. The molecule has 0 aliphatic heterocycles. The fourth-order valence-corrected chi connectivity index (χ4v) is 6.33. The second-order valence-electron chi connectivity index (χ2n) is 13.5. The number of benzene rings is 5. The molecule has 0 amide bonds. The highest BCUT2D eigenvalue weighted by Crippen LogP contribution is 2.27. The molecule has 326 valence electrons. The Balaban J connectivity index is 1.12. The second-order valence-corrected chi connectivity index (χ2v) is 14.7. The van der Waals surface area contributed by atoms with Crippen molar-refractivity contribution in [2.75, 3.05) is 39.8 Å². The molecule has 11 nitrogen and oxygen atoms in total. The molecule has 0 saturated carbocycles. The van der Waals surface area contributed by atoms with E-state index in [1.54, 1.807) is 48.2 Å². The molecule has 0 unspecified atom stereocenters. The number of hydrogen-bond donors (Lipinski definition) is 0. The van der Waals surface area contributed by atoms with Crippen LogP contribution < -0.4 is 14.2 Å². The highest BCUT2D eigenvalue weighted by molar-refractivity contribution is 7.99. The van der Waals surface area contributed by atoms with Crippen molar-refractivity contribution in [1.82, 2.24) is 0 Å². The van der Waals surface area contributed by atoms with Gasteiger partial charge < -0.3 is 33.2 Å². The standard InChI is InChI=1S/C52H46O11S/c1-5-49(53)60-30-8-7-29-59-43-24-28-48(46(34-43)52(56)58-4)63-36-42-19-14-38(15-20-42)11-16-40-23-27-47(45(33-40)51(55)57-3)62-35-41-17-12-37(13-18-41)9-10-39-21-25-44(26-22-39)64-32-31-61-50(54)6-2/h5-6,12-15,17-28,33-34H,1-2,7-8,29-32,35-36H2,3-4H3. The highest BCUT2D eigenvalue weighted by Gasteiger charge is 2.16. The van der Waals surface area contributed by atoms with E-state index >= 15 is 0 Å². The molecule has 0 bridgehead atoms. The zero-order valence-corrected chi connectivity index (χ0v) is 36.3. The lowest BCUT2D eigenvalue weighted by Crippen LogP contribution is -2.08. The number of esters is 4. The number of carbonyl (C=O) groups excluding carboxylic acids is 4. The molecule has 5 aromatic rings. The molecular formula is C52H46O11S. The van der Waals surface area contributed by atoms with Gasteiger partial charge in [-0.1, -0.05) is 61.1 Å². The Bertz CT molecular complexity index is 2540. The molecule has 0 atom stereocenters. The first-order valence-electron chi connectivity index (χ1n) is 20.0. The summed E-state index contributed by atoms with van der Waals surface area (Å²) in [5.41, 5.74) is 5.25. The van der Waals surface area contributed by atoms with Crippen molar-refractivity contribution in [1.29, 1.82) is 0 Å². The van der Waals surface area contributed by atoms with Crippen LogP contribution in [0, 0.1) is 23.7 Å². The number of hydrogen-bond acceptors (Lipinski definition) is 12. The first-order valence-corrected chi connectivity index (χ1v) is 21.0. The van der Waals surface area contributed by atoms with Crippen molar-refractivity contribution in [2.24, 2.45) is 0 Å². The third kappa shape index (κ3) is 15.4. The lowest BCUT2D eigenvalue weighted by atomic mass is 10.1. The van der Waals surface area contributed by atoms with Gasteiger partial charge in [0.15, 0.2) is 0 Å². The first-order chi connectivity index (χ1) is 31.2. The summed E-state index contributed by atoms with van der Waals surface area (Å²) >= 11 is 1.59. The fourth-order valence-electron chi connectivity index (χ4n) is 5.60. The number of rotatable bonds is 20. The predicted octanol–water partition coefficient (Wildman–Crippen LogP) is 8.93. The smallest absolute Gasteiger partial charge is 0.341 e. The zero-order chi connectivity index (χ0) is 45.5. The van der Waals surface area contributed by atoms with Crippen molar-refractivity contribution >= 4 is 35.6 Å². The van der Waals surface area contributed by atoms with E-state index in [-0.39, 0.29) is 30.9 Å². The SMILES string of the molecule is C=CC(=O)OCCCCOc1ccc(OCc2ccc(C#Cc3ccc(OCc4ccc(C#Cc5ccc(SCCOC(=O)C=C)cc5)cc4)c(C(=O)OC)c3)cc2)c(C(=O)OC)c1. The Hall–Kier alpha value is -7.67. The molecule has 12 heteroatoms. The van der Waals surface area contributed by atoms with Crippen molar-refractivity contribution in [3.05, 3.63) is 179 Å². The van der Waals surface area contributed by atoms with Gasteiger partial charge >= 0.3 is 23.9 Å². The molecular weight excluding hydrogens is 833 g/mol. The maximum absolute atomic E-state index is 12.8. The van der Waals surface area contributed by atoms with Gasteiger partial charge in [-0.3, -0.25) is 0 Å². The minimum Gasteiger partial charge on any atom is -0.494 e. The monoisotopic (exact) mass is 878 g/mol. The largest absolute Gasteiger partial charge is 0.494 e. The van der Waals surface area contributed by atoms with E-state index in [9.17, 15) is 19.2 Å². The van der Waals surface area contributed by atoms with Crippen LogP contribution in [0.5, 0.6) is 17.2 Å². The van der Waals surface area contributed by atoms with E-state index in [1.165, 1.54) is 14.2 Å². The quantitative estimate of drug-likeness (QED) is 0.0185. The van der Waals surface area contributed by atoms with E-state index in [4.69, 9.17) is 33.2 Å². The van der Waals surface area contributed by atoms with Crippen molar-refractivity contribution in [3.63, 3.8) is 0 Å². The molecule has 0 aliphatic rings. The Kier molecular flexibility index (Phi) is 18.7. The molecule has 0 aliphatic carbocycles. The summed E-state index contributed by atoms with van der Waals surface area (Å²) < 4.78 is 37.8. The third-order valence-corrected chi connectivity index (χ3v) is 9.95. The number of thioether (sulfide) groups is 1. The summed E-state index contributed by atoms with van der Waals surface area (Å²) in [5, 5.41) is 0. The van der Waals surface area contributed by atoms with Crippen molar-refractivity contribution in [2.45, 2.75) is 31.0 Å². The summed E-state index contributed by atoms with van der Waals surface area (Å²) in [6.07, 6.45) is 3.53. The highest BCUT2D eigenvalue weighted by atomic mass is 32.2. The molecule has 5 aromatic carbocycles. The fraction of sp³-hybridized carbons (Fsp3) is 0.192. The predicted molar refractivity (Wildman–Crippen MR) is 243 cm³/mol.